The Morgan fingerprint density at radius 3 is 2.59 bits per heavy atom. The van der Waals surface area contributed by atoms with Gasteiger partial charge in [0.1, 0.15) is 24.3 Å². The van der Waals surface area contributed by atoms with E-state index in [9.17, 15) is 19.8 Å². The Balaban J connectivity index is 1.37. The van der Waals surface area contributed by atoms with E-state index in [0.717, 1.165) is 11.1 Å². The molecule has 1 unspecified atom stereocenters. The van der Waals surface area contributed by atoms with E-state index in [-0.39, 0.29) is 18.6 Å². The zero-order chi connectivity index (χ0) is 26.7. The molecule has 12 heteroatoms. The third-order valence-electron chi connectivity index (χ3n) is 6.51. The molecule has 4 rings (SSSR count). The molecule has 0 aliphatic carbocycles. The monoisotopic (exact) mass is 511 g/mol. The van der Waals surface area contributed by atoms with Gasteiger partial charge >= 0.3 is 0 Å². The molecule has 37 heavy (non-hydrogen) atoms. The summed E-state index contributed by atoms with van der Waals surface area (Å²) in [4.78, 5) is 39.8. The van der Waals surface area contributed by atoms with Crippen molar-refractivity contribution in [3.05, 3.63) is 48.0 Å². The van der Waals surface area contributed by atoms with E-state index < -0.39 is 43.0 Å². The number of carbonyl (C=O) groups is 2. The van der Waals surface area contributed by atoms with Crippen LogP contribution in [0.4, 0.5) is 5.82 Å². The predicted molar refractivity (Wildman–Crippen MR) is 136 cm³/mol. The summed E-state index contributed by atoms with van der Waals surface area (Å²) < 4.78 is 7.43. The number of hydrogen-bond donors (Lipinski definition) is 4. The van der Waals surface area contributed by atoms with Gasteiger partial charge in [0.15, 0.2) is 23.2 Å². The Bertz CT molecular complexity index is 1250. The molecule has 0 bridgehead atoms. The largest absolute Gasteiger partial charge is 0.394 e. The van der Waals surface area contributed by atoms with Gasteiger partial charge < -0.3 is 30.9 Å². The minimum atomic E-state index is -1.20. The molecule has 3 heterocycles. The van der Waals surface area contributed by atoms with Crippen molar-refractivity contribution in [2.24, 2.45) is 5.73 Å². The van der Waals surface area contributed by atoms with Crippen molar-refractivity contribution in [1.82, 2.24) is 24.8 Å². The van der Waals surface area contributed by atoms with Gasteiger partial charge in [-0.1, -0.05) is 29.8 Å². The highest BCUT2D eigenvalue weighted by Gasteiger charge is 2.45. The Morgan fingerprint density at radius 1 is 1.19 bits per heavy atom. The number of hydrogen-bond acceptors (Lipinski definition) is 10. The summed E-state index contributed by atoms with van der Waals surface area (Å²) in [6.07, 6.45) is 0.121. The second kappa shape index (κ2) is 11.3. The summed E-state index contributed by atoms with van der Waals surface area (Å²) in [6.45, 7) is 1.56. The lowest BCUT2D eigenvalue weighted by Crippen LogP contribution is -2.48. The zero-order valence-electron chi connectivity index (χ0n) is 21.1. The van der Waals surface area contributed by atoms with Crippen molar-refractivity contribution < 1.29 is 24.5 Å². The number of aliphatic hydroxyl groups is 2. The molecule has 0 spiro atoms. The number of ketones is 1. The number of nitrogens with zero attached hydrogens (tertiary/aromatic N) is 5. The molecule has 2 aromatic heterocycles. The first-order valence-corrected chi connectivity index (χ1v) is 12.1. The van der Waals surface area contributed by atoms with E-state index in [1.54, 1.807) is 9.47 Å². The van der Waals surface area contributed by atoms with Crippen LogP contribution in [0.5, 0.6) is 0 Å². The van der Waals surface area contributed by atoms with Gasteiger partial charge in [0.2, 0.25) is 5.91 Å². The number of carbonyl (C=O) groups excluding carboxylic acids is 2. The van der Waals surface area contributed by atoms with Crippen LogP contribution in [0.1, 0.15) is 30.2 Å². The number of fused-ring (bicyclic) bond motifs is 1. The molecular formula is C25H33N7O5. The molecular weight excluding hydrogens is 478 g/mol. The third kappa shape index (κ3) is 5.77. The maximum atomic E-state index is 12.7. The van der Waals surface area contributed by atoms with Crippen molar-refractivity contribution in [1.29, 1.82) is 0 Å². The van der Waals surface area contributed by atoms with Crippen LogP contribution < -0.4 is 16.0 Å². The molecule has 1 amide bonds. The van der Waals surface area contributed by atoms with Crippen LogP contribution in [0.2, 0.25) is 0 Å². The summed E-state index contributed by atoms with van der Waals surface area (Å²) in [7, 11) is 3.66. The fourth-order valence-electron chi connectivity index (χ4n) is 4.43. The maximum Gasteiger partial charge on any atom is 0.220 e. The lowest BCUT2D eigenvalue weighted by atomic mass is 9.99. The lowest BCUT2D eigenvalue weighted by Gasteiger charge is -2.21. The molecule has 1 saturated heterocycles. The van der Waals surface area contributed by atoms with Gasteiger partial charge in [-0.2, -0.15) is 0 Å². The molecule has 5 atom stereocenters. The molecule has 1 fully saturated rings. The average molecular weight is 512 g/mol. The molecule has 198 valence electrons. The number of nitrogens with two attached hydrogens (primary N) is 1. The van der Waals surface area contributed by atoms with Gasteiger partial charge in [-0.3, -0.25) is 14.2 Å². The van der Waals surface area contributed by atoms with Crippen LogP contribution in [0.15, 0.2) is 36.9 Å². The quantitative estimate of drug-likeness (QED) is 0.287. The SMILES string of the molecule is Cc1ccc(C[C@H](N)C(=O)CCC(=O)N[C@@H]2C(O)[C@H](n3cnc4c(N(C)C)ncnc43)O[C@@H]2CO)cc1. The van der Waals surface area contributed by atoms with E-state index >= 15 is 0 Å². The smallest absolute Gasteiger partial charge is 0.220 e. The Labute approximate surface area is 214 Å². The van der Waals surface area contributed by atoms with Crippen molar-refractivity contribution in [2.45, 2.75) is 56.7 Å². The van der Waals surface area contributed by atoms with E-state index in [4.69, 9.17) is 10.5 Å². The molecule has 3 aromatic rings. The summed E-state index contributed by atoms with van der Waals surface area (Å²) in [6, 6.07) is 6.17. The van der Waals surface area contributed by atoms with Gasteiger partial charge in [0.25, 0.3) is 0 Å². The number of amides is 1. The van der Waals surface area contributed by atoms with Crippen LogP contribution in [0.25, 0.3) is 11.2 Å². The topological polar surface area (TPSA) is 169 Å². The Morgan fingerprint density at radius 2 is 1.92 bits per heavy atom. The minimum absolute atomic E-state index is 0.0356. The van der Waals surface area contributed by atoms with Gasteiger partial charge in [0.05, 0.1) is 25.0 Å². The Hall–Kier alpha value is -3.45. The molecule has 0 radical (unpaired) electrons. The number of nitrogens with one attached hydrogen (secondary N) is 1. The highest BCUT2D eigenvalue weighted by molar-refractivity contribution is 5.88. The van der Waals surface area contributed by atoms with Gasteiger partial charge in [-0.15, -0.1) is 0 Å². The van der Waals surface area contributed by atoms with Crippen molar-refractivity contribution in [3.8, 4) is 0 Å². The number of Topliss-reactive ketones (excluding diaryl/α,β-unsaturated/α-hetero) is 1. The van der Waals surface area contributed by atoms with E-state index in [0.29, 0.717) is 23.4 Å². The van der Waals surface area contributed by atoms with Crippen LogP contribution in [-0.2, 0) is 20.7 Å². The number of benzene rings is 1. The van der Waals surface area contributed by atoms with Crippen LogP contribution >= 0.6 is 0 Å². The Kier molecular flexibility index (Phi) is 8.13. The van der Waals surface area contributed by atoms with E-state index in [1.165, 1.54) is 12.7 Å². The first-order chi connectivity index (χ1) is 17.7. The molecule has 1 aliphatic heterocycles. The van der Waals surface area contributed by atoms with Gasteiger partial charge in [-0.25, -0.2) is 15.0 Å². The number of rotatable bonds is 10. The first-order valence-electron chi connectivity index (χ1n) is 12.1. The number of aryl methyl sites for hydroxylation is 1. The van der Waals surface area contributed by atoms with Crippen LogP contribution in [0, 0.1) is 6.92 Å². The van der Waals surface area contributed by atoms with Crippen molar-refractivity contribution in [3.63, 3.8) is 0 Å². The lowest BCUT2D eigenvalue weighted by molar-refractivity contribution is -0.127. The summed E-state index contributed by atoms with van der Waals surface area (Å²) in [5, 5.41) is 23.6. The summed E-state index contributed by atoms with van der Waals surface area (Å²) in [5.41, 5.74) is 9.10. The summed E-state index contributed by atoms with van der Waals surface area (Å²) >= 11 is 0. The zero-order valence-corrected chi connectivity index (χ0v) is 21.1. The molecule has 1 aliphatic rings. The van der Waals surface area contributed by atoms with Crippen LogP contribution in [-0.4, -0.2) is 86.4 Å². The normalized spacial score (nSPS) is 22.2. The standard InChI is InChI=1S/C25H33N7O5/c1-14-4-6-15(7-5-14)10-16(26)17(34)8-9-19(35)30-20-18(11-33)37-25(22(20)36)32-13-29-21-23(31(2)3)27-12-28-24(21)32/h4-7,12-13,16,18,20,22,25,33,36H,8-11,26H2,1-3H3,(H,30,35)/t16-,18+,20-,22?,25+/m0/s1. The van der Waals surface area contributed by atoms with Crippen molar-refractivity contribution in [2.75, 3.05) is 25.6 Å². The highest BCUT2D eigenvalue weighted by atomic mass is 16.5. The van der Waals surface area contributed by atoms with Gasteiger partial charge in [-0.05, 0) is 18.9 Å². The predicted octanol–water partition coefficient (Wildman–Crippen LogP) is -0.145. The molecule has 5 N–H and O–H groups in total. The molecule has 1 aromatic carbocycles. The van der Waals surface area contributed by atoms with Crippen LogP contribution in [0.3, 0.4) is 0 Å². The number of imidazole rings is 1. The average Bonchev–Trinajstić information content (AvgIpc) is 3.44. The minimum Gasteiger partial charge on any atom is -0.394 e. The van der Waals surface area contributed by atoms with Crippen molar-refractivity contribution >= 4 is 28.7 Å². The number of aromatic nitrogens is 4. The van der Waals surface area contributed by atoms with E-state index in [1.807, 2.05) is 45.3 Å². The summed E-state index contributed by atoms with van der Waals surface area (Å²) in [5.74, 6) is -0.0720. The highest BCUT2D eigenvalue weighted by Crippen LogP contribution is 2.32. The second-order valence-electron chi connectivity index (χ2n) is 9.51. The number of aliphatic hydroxyl groups excluding tert-OH is 2. The second-order valence-corrected chi connectivity index (χ2v) is 9.51. The first kappa shape index (κ1) is 26.6. The third-order valence-corrected chi connectivity index (χ3v) is 6.51. The fourth-order valence-corrected chi connectivity index (χ4v) is 4.43. The fraction of sp³-hybridized carbons (Fsp3) is 0.480. The molecule has 12 nitrogen and oxygen atoms in total. The number of ether oxygens (including phenoxy) is 1. The molecule has 0 saturated carbocycles. The van der Waals surface area contributed by atoms with E-state index in [2.05, 4.69) is 20.3 Å². The number of anilines is 1. The van der Waals surface area contributed by atoms with Gasteiger partial charge in [0, 0.05) is 26.9 Å². The maximum absolute atomic E-state index is 12.7.